The van der Waals surface area contributed by atoms with E-state index in [2.05, 4.69) is 14.6 Å². The third-order valence-electron chi connectivity index (χ3n) is 3.68. The van der Waals surface area contributed by atoms with Crippen LogP contribution in [0.25, 0.3) is 11.4 Å². The number of carboxylic acid groups (broad SMARTS) is 1. The normalized spacial score (nSPS) is 9.92. The maximum atomic E-state index is 11.5. The number of benzene rings is 1. The van der Waals surface area contributed by atoms with Gasteiger partial charge in [-0.25, -0.2) is 9.78 Å². The molecule has 0 spiro atoms. The average molecular weight is 356 g/mol. The fraction of sp³-hybridized carbons (Fsp3) is 0.222. The Bertz CT molecular complexity index is 852. The first-order valence-corrected chi connectivity index (χ1v) is 7.84. The van der Waals surface area contributed by atoms with Gasteiger partial charge in [-0.05, 0) is 24.1 Å². The van der Waals surface area contributed by atoms with Crippen molar-refractivity contribution < 1.29 is 19.4 Å². The number of hydrogen-bond donors (Lipinski definition) is 1. The summed E-state index contributed by atoms with van der Waals surface area (Å²) in [5.41, 5.74) is 2.69. The van der Waals surface area contributed by atoms with E-state index in [1.54, 1.807) is 23.0 Å². The highest BCUT2D eigenvalue weighted by Gasteiger charge is 2.09. The Morgan fingerprint density at radius 1 is 1.31 bits per heavy atom. The molecule has 0 bridgehead atoms. The fourth-order valence-electron chi connectivity index (χ4n) is 2.47. The minimum atomic E-state index is -0.337. The van der Waals surface area contributed by atoms with E-state index in [1.165, 1.54) is 12.7 Å². The number of carbonyl (C=O) groups excluding carboxylic acids is 1. The molecule has 26 heavy (non-hydrogen) atoms. The fourth-order valence-corrected chi connectivity index (χ4v) is 2.47. The van der Waals surface area contributed by atoms with Crippen LogP contribution in [0.1, 0.15) is 15.9 Å². The molecule has 0 saturated carbocycles. The van der Waals surface area contributed by atoms with E-state index >= 15 is 0 Å². The number of nitrogens with zero attached hydrogens (tertiary/aromatic N) is 4. The first kappa shape index (κ1) is 18.9. The smallest absolute Gasteiger partial charge is 0.337 e. The Morgan fingerprint density at radius 3 is 2.58 bits per heavy atom. The molecule has 0 atom stereocenters. The highest BCUT2D eigenvalue weighted by Crippen LogP contribution is 2.19. The second-order valence-electron chi connectivity index (χ2n) is 5.39. The molecule has 8 nitrogen and oxygen atoms in total. The molecule has 1 N–H and O–H groups in total. The SMILES string of the molecule is COC(=O)c1ccc(-c2nccn2CCc2cnn(C)c2)cc1.O=CO. The van der Waals surface area contributed by atoms with Crippen LogP contribution in [0.4, 0.5) is 0 Å². The van der Waals surface area contributed by atoms with Crippen molar-refractivity contribution in [2.45, 2.75) is 13.0 Å². The van der Waals surface area contributed by atoms with Crippen LogP contribution in [0.2, 0.25) is 0 Å². The van der Waals surface area contributed by atoms with Crippen molar-refractivity contribution >= 4 is 12.4 Å². The van der Waals surface area contributed by atoms with E-state index < -0.39 is 0 Å². The average Bonchev–Trinajstić information content (AvgIpc) is 3.29. The van der Waals surface area contributed by atoms with Crippen molar-refractivity contribution in [3.8, 4) is 11.4 Å². The standard InChI is InChI=1S/C17H18N4O2.CH2O2/c1-20-12-13(11-19-20)7-9-21-10-8-18-16(21)14-3-5-15(6-4-14)17(22)23-2;2-1-3/h3-6,8,10-12H,7,9H2,1-2H3;1H,(H,2,3). The van der Waals surface area contributed by atoms with Gasteiger partial charge in [0.1, 0.15) is 5.82 Å². The maximum Gasteiger partial charge on any atom is 0.337 e. The van der Waals surface area contributed by atoms with Gasteiger partial charge in [-0.1, -0.05) is 12.1 Å². The molecule has 0 amide bonds. The van der Waals surface area contributed by atoms with Gasteiger partial charge in [-0.3, -0.25) is 9.48 Å². The first-order chi connectivity index (χ1) is 12.6. The second kappa shape index (κ2) is 9.16. The third kappa shape index (κ3) is 4.79. The second-order valence-corrected chi connectivity index (χ2v) is 5.39. The Morgan fingerprint density at radius 2 is 2.00 bits per heavy atom. The molecule has 136 valence electrons. The van der Waals surface area contributed by atoms with Gasteiger partial charge < -0.3 is 14.4 Å². The summed E-state index contributed by atoms with van der Waals surface area (Å²) in [6.07, 6.45) is 8.52. The number of ether oxygens (including phenoxy) is 1. The lowest BCUT2D eigenvalue weighted by atomic mass is 10.1. The third-order valence-corrected chi connectivity index (χ3v) is 3.68. The molecule has 2 heterocycles. The minimum Gasteiger partial charge on any atom is -0.483 e. The largest absolute Gasteiger partial charge is 0.483 e. The minimum absolute atomic E-state index is 0.250. The van der Waals surface area contributed by atoms with Crippen LogP contribution in [-0.4, -0.2) is 44.0 Å². The van der Waals surface area contributed by atoms with Crippen molar-refractivity contribution in [3.05, 3.63) is 60.2 Å². The Kier molecular flexibility index (Phi) is 6.67. The van der Waals surface area contributed by atoms with Gasteiger partial charge in [-0.15, -0.1) is 0 Å². The number of methoxy groups -OCH3 is 1. The molecular weight excluding hydrogens is 336 g/mol. The molecule has 0 saturated heterocycles. The van der Waals surface area contributed by atoms with Gasteiger partial charge >= 0.3 is 5.97 Å². The van der Waals surface area contributed by atoms with E-state index in [9.17, 15) is 4.79 Å². The van der Waals surface area contributed by atoms with Crippen LogP contribution >= 0.6 is 0 Å². The molecule has 3 aromatic rings. The van der Waals surface area contributed by atoms with Crippen molar-refractivity contribution in [2.75, 3.05) is 7.11 Å². The summed E-state index contributed by atoms with van der Waals surface area (Å²) in [5.74, 6) is 0.543. The lowest BCUT2D eigenvalue weighted by molar-refractivity contribution is -0.122. The summed E-state index contributed by atoms with van der Waals surface area (Å²) >= 11 is 0. The molecule has 1 aromatic carbocycles. The van der Waals surface area contributed by atoms with Crippen LogP contribution in [0.15, 0.2) is 49.1 Å². The molecule has 0 fully saturated rings. The summed E-state index contributed by atoms with van der Waals surface area (Å²) in [6.45, 7) is 0.569. The van der Waals surface area contributed by atoms with E-state index in [-0.39, 0.29) is 12.4 Å². The van der Waals surface area contributed by atoms with Crippen LogP contribution in [-0.2, 0) is 29.5 Å². The molecule has 0 radical (unpaired) electrons. The predicted octanol–water partition coefficient (Wildman–Crippen LogP) is 2.01. The van der Waals surface area contributed by atoms with E-state index in [0.29, 0.717) is 5.56 Å². The summed E-state index contributed by atoms with van der Waals surface area (Å²) in [5, 5.41) is 11.1. The summed E-state index contributed by atoms with van der Waals surface area (Å²) < 4.78 is 8.61. The molecule has 0 aliphatic carbocycles. The lowest BCUT2D eigenvalue weighted by Gasteiger charge is -2.08. The predicted molar refractivity (Wildman–Crippen MR) is 94.6 cm³/mol. The Balaban J connectivity index is 0.000000758. The monoisotopic (exact) mass is 356 g/mol. The number of carbonyl (C=O) groups is 2. The van der Waals surface area contributed by atoms with Crippen molar-refractivity contribution in [2.24, 2.45) is 7.05 Å². The number of esters is 1. The molecule has 0 aliphatic rings. The zero-order valence-corrected chi connectivity index (χ0v) is 14.6. The van der Waals surface area contributed by atoms with Crippen molar-refractivity contribution in [1.29, 1.82) is 0 Å². The van der Waals surface area contributed by atoms with E-state index in [1.807, 2.05) is 37.8 Å². The van der Waals surface area contributed by atoms with Gasteiger partial charge in [0.2, 0.25) is 0 Å². The summed E-state index contributed by atoms with van der Waals surface area (Å²) in [4.78, 5) is 24.3. The molecule has 0 unspecified atom stereocenters. The number of imidazole rings is 1. The van der Waals surface area contributed by atoms with Crippen molar-refractivity contribution in [1.82, 2.24) is 19.3 Å². The summed E-state index contributed by atoms with van der Waals surface area (Å²) in [6, 6.07) is 7.27. The quantitative estimate of drug-likeness (QED) is 0.555. The topological polar surface area (TPSA) is 99.2 Å². The van der Waals surface area contributed by atoms with Gasteiger partial charge in [0.05, 0.1) is 18.9 Å². The summed E-state index contributed by atoms with van der Waals surface area (Å²) in [7, 11) is 3.29. The highest BCUT2D eigenvalue weighted by molar-refractivity contribution is 5.89. The van der Waals surface area contributed by atoms with Crippen LogP contribution < -0.4 is 0 Å². The van der Waals surface area contributed by atoms with Crippen LogP contribution in [0.3, 0.4) is 0 Å². The zero-order valence-electron chi connectivity index (χ0n) is 14.6. The molecule has 3 rings (SSSR count). The van der Waals surface area contributed by atoms with Crippen molar-refractivity contribution in [3.63, 3.8) is 0 Å². The van der Waals surface area contributed by atoms with Crippen LogP contribution in [0, 0.1) is 0 Å². The lowest BCUT2D eigenvalue weighted by Crippen LogP contribution is -2.03. The number of aromatic nitrogens is 4. The molecule has 8 heteroatoms. The van der Waals surface area contributed by atoms with Gasteiger partial charge in [-0.2, -0.15) is 5.10 Å². The Hall–Kier alpha value is -3.42. The number of hydrogen-bond acceptors (Lipinski definition) is 5. The first-order valence-electron chi connectivity index (χ1n) is 7.84. The Labute approximate surface area is 150 Å². The number of aryl methyl sites for hydroxylation is 3. The van der Waals surface area contributed by atoms with E-state index in [4.69, 9.17) is 14.6 Å². The van der Waals surface area contributed by atoms with Gasteiger partial charge in [0.25, 0.3) is 6.47 Å². The van der Waals surface area contributed by atoms with Crippen LogP contribution in [0.5, 0.6) is 0 Å². The van der Waals surface area contributed by atoms with E-state index in [0.717, 1.165) is 24.4 Å². The van der Waals surface area contributed by atoms with Gasteiger partial charge in [0, 0.05) is 37.7 Å². The maximum absolute atomic E-state index is 11.5. The van der Waals surface area contributed by atoms with Gasteiger partial charge in [0.15, 0.2) is 0 Å². The molecular formula is C18H20N4O4. The zero-order chi connectivity index (χ0) is 18.9. The molecule has 0 aliphatic heterocycles. The highest BCUT2D eigenvalue weighted by atomic mass is 16.5. The molecule has 2 aromatic heterocycles. The number of rotatable bonds is 5.